The Morgan fingerprint density at radius 1 is 1.12 bits per heavy atom. The van der Waals surface area contributed by atoms with E-state index in [2.05, 4.69) is 5.32 Å². The van der Waals surface area contributed by atoms with Crippen molar-refractivity contribution in [2.24, 2.45) is 0 Å². The molecule has 9 heteroatoms. The van der Waals surface area contributed by atoms with Crippen molar-refractivity contribution < 1.29 is 33.0 Å². The highest BCUT2D eigenvalue weighted by Crippen LogP contribution is 2.44. The minimum Gasteiger partial charge on any atom is -0.480 e. The van der Waals surface area contributed by atoms with Gasteiger partial charge in [0, 0.05) is 12.3 Å². The number of carbonyl (C=O) groups is 3. The van der Waals surface area contributed by atoms with Gasteiger partial charge in [-0.15, -0.1) is 0 Å². The number of carboxylic acids is 1. The van der Waals surface area contributed by atoms with E-state index >= 15 is 0 Å². The summed E-state index contributed by atoms with van der Waals surface area (Å²) in [6.45, 7) is 0.814. The van der Waals surface area contributed by atoms with Gasteiger partial charge in [-0.1, -0.05) is 61.9 Å². The van der Waals surface area contributed by atoms with Crippen molar-refractivity contribution in [1.82, 2.24) is 10.2 Å². The Bertz CT molecular complexity index is 1060. The van der Waals surface area contributed by atoms with Gasteiger partial charge >= 0.3 is 12.1 Å². The quantitative estimate of drug-likeness (QED) is 0.635. The maximum Gasteiger partial charge on any atom is 0.407 e. The molecule has 2 atom stereocenters. The molecule has 2 N–H and O–H groups in total. The molecule has 1 unspecified atom stereocenters. The molecule has 2 aromatic carbocycles. The van der Waals surface area contributed by atoms with Gasteiger partial charge in [0.05, 0.1) is 6.54 Å². The van der Waals surface area contributed by atoms with E-state index in [0.717, 1.165) is 22.3 Å². The highest BCUT2D eigenvalue weighted by Gasteiger charge is 2.51. The number of benzene rings is 2. The molecule has 0 aromatic heterocycles. The lowest BCUT2D eigenvalue weighted by molar-refractivity contribution is -0.149. The number of fused-ring (bicyclic) bond motifs is 3. The minimum atomic E-state index is -3.29. The fourth-order valence-electron chi connectivity index (χ4n) is 4.80. The molecule has 7 nitrogen and oxygen atoms in total. The Balaban J connectivity index is 1.44. The lowest BCUT2D eigenvalue weighted by Crippen LogP contribution is -2.52. The Morgan fingerprint density at radius 3 is 2.26 bits per heavy atom. The van der Waals surface area contributed by atoms with Crippen LogP contribution in [0.25, 0.3) is 11.1 Å². The van der Waals surface area contributed by atoms with Gasteiger partial charge in [0.15, 0.2) is 0 Å². The minimum absolute atomic E-state index is 0.0342. The largest absolute Gasteiger partial charge is 0.480 e. The molecule has 1 aliphatic carbocycles. The van der Waals surface area contributed by atoms with Crippen LogP contribution in [0.1, 0.15) is 43.2 Å². The lowest BCUT2D eigenvalue weighted by Gasteiger charge is -2.26. The average molecular weight is 472 g/mol. The molecule has 2 amide bonds. The van der Waals surface area contributed by atoms with Crippen molar-refractivity contribution in [1.29, 1.82) is 0 Å². The second-order valence-corrected chi connectivity index (χ2v) is 8.69. The van der Waals surface area contributed by atoms with Crippen LogP contribution in [-0.2, 0) is 14.3 Å². The topological polar surface area (TPSA) is 95.9 Å². The molecule has 34 heavy (non-hydrogen) atoms. The molecular formula is C25H26F2N2O5. The zero-order chi connectivity index (χ0) is 24.5. The second-order valence-electron chi connectivity index (χ2n) is 8.69. The van der Waals surface area contributed by atoms with E-state index in [1.807, 2.05) is 48.5 Å². The highest BCUT2D eigenvalue weighted by atomic mass is 19.3. The van der Waals surface area contributed by atoms with E-state index in [9.17, 15) is 28.3 Å². The van der Waals surface area contributed by atoms with Gasteiger partial charge in [-0.3, -0.25) is 4.79 Å². The fourth-order valence-corrected chi connectivity index (χ4v) is 4.80. The number of nitrogens with one attached hydrogen (secondary N) is 1. The summed E-state index contributed by atoms with van der Waals surface area (Å²) in [5.74, 6) is -5.81. The fraction of sp³-hybridized carbons (Fsp3) is 0.400. The predicted octanol–water partition coefficient (Wildman–Crippen LogP) is 4.01. The maximum absolute atomic E-state index is 13.8. The van der Waals surface area contributed by atoms with Crippen LogP contribution in [0.4, 0.5) is 13.6 Å². The number of nitrogens with zero attached hydrogens (tertiary/aromatic N) is 1. The van der Waals surface area contributed by atoms with Gasteiger partial charge in [-0.05, 0) is 28.7 Å². The van der Waals surface area contributed by atoms with E-state index in [1.165, 1.54) is 0 Å². The van der Waals surface area contributed by atoms with Gasteiger partial charge < -0.3 is 20.1 Å². The zero-order valence-corrected chi connectivity index (χ0v) is 18.7. The van der Waals surface area contributed by atoms with Crippen molar-refractivity contribution in [2.45, 2.75) is 50.1 Å². The number of aliphatic carboxylic acids is 1. The Hall–Kier alpha value is -3.49. The number of halogens is 2. The molecule has 2 aromatic rings. The summed E-state index contributed by atoms with van der Waals surface area (Å²) in [6.07, 6.45) is -1.16. The Kier molecular flexibility index (Phi) is 6.54. The summed E-state index contributed by atoms with van der Waals surface area (Å²) >= 11 is 0. The third kappa shape index (κ3) is 4.60. The van der Waals surface area contributed by atoms with E-state index < -0.39 is 48.9 Å². The van der Waals surface area contributed by atoms with Crippen LogP contribution in [0.15, 0.2) is 48.5 Å². The van der Waals surface area contributed by atoms with Crippen molar-refractivity contribution in [3.63, 3.8) is 0 Å². The van der Waals surface area contributed by atoms with E-state index in [1.54, 1.807) is 6.92 Å². The summed E-state index contributed by atoms with van der Waals surface area (Å²) in [5.41, 5.74) is 4.20. The van der Waals surface area contributed by atoms with Crippen molar-refractivity contribution >= 4 is 18.0 Å². The number of alkyl halides is 2. The standard InChI is InChI=1S/C25H26F2N2O5/c1-2-7-20(22(30)29-14-25(26,27)12-21(29)23(31)32)28-24(33)34-13-19-17-10-5-3-8-15(17)16-9-4-6-11-18(16)19/h3-6,8-11,19-21H,2,7,12-14H2,1H3,(H,28,33)(H,31,32)/t20?,21-/m0/s1. The SMILES string of the molecule is CCCC(NC(=O)OCC1c2ccccc2-c2ccccc21)C(=O)N1CC(F)(F)C[C@H]1C(=O)O. The summed E-state index contributed by atoms with van der Waals surface area (Å²) in [7, 11) is 0. The summed E-state index contributed by atoms with van der Waals surface area (Å²) in [6, 6.07) is 12.9. The van der Waals surface area contributed by atoms with Crippen LogP contribution < -0.4 is 5.32 Å². The van der Waals surface area contributed by atoms with E-state index in [0.29, 0.717) is 11.3 Å². The summed E-state index contributed by atoms with van der Waals surface area (Å²) < 4.78 is 33.1. The van der Waals surface area contributed by atoms with Gasteiger partial charge in [0.25, 0.3) is 5.92 Å². The molecule has 1 saturated heterocycles. The molecule has 180 valence electrons. The highest BCUT2D eigenvalue weighted by molar-refractivity contribution is 5.90. The van der Waals surface area contributed by atoms with Gasteiger partial charge in [-0.2, -0.15) is 0 Å². The summed E-state index contributed by atoms with van der Waals surface area (Å²) in [4.78, 5) is 37.6. The Morgan fingerprint density at radius 2 is 1.71 bits per heavy atom. The molecule has 0 bridgehead atoms. The first kappa shape index (κ1) is 23.7. The van der Waals surface area contributed by atoms with E-state index in [-0.39, 0.29) is 18.9 Å². The third-order valence-electron chi connectivity index (χ3n) is 6.35. The molecule has 2 aliphatic rings. The number of ether oxygens (including phenoxy) is 1. The van der Waals surface area contributed by atoms with Gasteiger partial charge in [0.1, 0.15) is 18.7 Å². The van der Waals surface area contributed by atoms with Crippen LogP contribution in [0.3, 0.4) is 0 Å². The molecule has 1 fully saturated rings. The van der Waals surface area contributed by atoms with Gasteiger partial charge in [0.2, 0.25) is 5.91 Å². The zero-order valence-electron chi connectivity index (χ0n) is 18.7. The number of hydrogen-bond acceptors (Lipinski definition) is 4. The molecule has 0 radical (unpaired) electrons. The lowest BCUT2D eigenvalue weighted by atomic mass is 9.98. The monoisotopic (exact) mass is 472 g/mol. The Labute approximate surface area is 195 Å². The maximum atomic E-state index is 13.8. The normalized spacial score (nSPS) is 19.3. The van der Waals surface area contributed by atoms with Crippen LogP contribution >= 0.6 is 0 Å². The number of likely N-dealkylation sites (tertiary alicyclic amines) is 1. The first-order valence-corrected chi connectivity index (χ1v) is 11.2. The van der Waals surface area contributed by atoms with Crippen LogP contribution in [0.2, 0.25) is 0 Å². The molecule has 0 spiro atoms. The average Bonchev–Trinajstić information content (AvgIpc) is 3.31. The van der Waals surface area contributed by atoms with Crippen molar-refractivity contribution in [2.75, 3.05) is 13.2 Å². The predicted molar refractivity (Wildman–Crippen MR) is 120 cm³/mol. The molecule has 1 heterocycles. The van der Waals surface area contributed by atoms with Gasteiger partial charge in [-0.25, -0.2) is 18.4 Å². The second kappa shape index (κ2) is 9.40. The van der Waals surface area contributed by atoms with Crippen LogP contribution in [0, 0.1) is 0 Å². The van der Waals surface area contributed by atoms with Crippen molar-refractivity contribution in [3.8, 4) is 11.1 Å². The summed E-state index contributed by atoms with van der Waals surface area (Å²) in [5, 5.41) is 11.7. The third-order valence-corrected chi connectivity index (χ3v) is 6.35. The number of carboxylic acid groups (broad SMARTS) is 1. The number of hydrogen-bond donors (Lipinski definition) is 2. The van der Waals surface area contributed by atoms with Crippen LogP contribution in [0.5, 0.6) is 0 Å². The van der Waals surface area contributed by atoms with Crippen molar-refractivity contribution in [3.05, 3.63) is 59.7 Å². The first-order valence-electron chi connectivity index (χ1n) is 11.2. The molecular weight excluding hydrogens is 446 g/mol. The first-order chi connectivity index (χ1) is 16.2. The van der Waals surface area contributed by atoms with E-state index in [4.69, 9.17) is 4.74 Å². The molecule has 4 rings (SSSR count). The number of carbonyl (C=O) groups excluding carboxylic acids is 2. The number of rotatable bonds is 7. The molecule has 1 aliphatic heterocycles. The molecule has 0 saturated carbocycles. The smallest absolute Gasteiger partial charge is 0.407 e. The van der Waals surface area contributed by atoms with Crippen LogP contribution in [-0.4, -0.2) is 59.1 Å². The number of amides is 2. The number of alkyl carbamates (subject to hydrolysis) is 1.